The molecule has 1 heterocycles. The maximum Gasteiger partial charge on any atom is 0.336 e. The molecule has 1 aliphatic carbocycles. The number of esters is 1. The van der Waals surface area contributed by atoms with E-state index >= 15 is 0 Å². The molecule has 0 fully saturated rings. The highest BCUT2D eigenvalue weighted by Crippen LogP contribution is 2.46. The smallest absolute Gasteiger partial charge is 0.336 e. The first-order chi connectivity index (χ1) is 18.5. The predicted octanol–water partition coefficient (Wildman–Crippen LogP) is 5.55. The van der Waals surface area contributed by atoms with Crippen LogP contribution in [0.5, 0.6) is 11.5 Å². The highest BCUT2D eigenvalue weighted by molar-refractivity contribution is 6.04. The molecule has 0 saturated carbocycles. The minimum Gasteiger partial charge on any atom is -0.504 e. The summed E-state index contributed by atoms with van der Waals surface area (Å²) in [5, 5.41) is 13.6. The van der Waals surface area contributed by atoms with Crippen LogP contribution in [-0.2, 0) is 20.7 Å². The number of Topliss-reactive ketones (excluding diaryl/α,β-unsaturated/α-hetero) is 1. The summed E-state index contributed by atoms with van der Waals surface area (Å²) in [7, 11) is 1.47. The van der Waals surface area contributed by atoms with Gasteiger partial charge in [-0.3, -0.25) is 4.79 Å². The van der Waals surface area contributed by atoms with Crippen LogP contribution in [0.15, 0.2) is 101 Å². The van der Waals surface area contributed by atoms with Gasteiger partial charge in [-0.1, -0.05) is 66.7 Å². The van der Waals surface area contributed by atoms with Crippen LogP contribution in [0, 0.1) is 0 Å². The molecule has 2 aliphatic rings. The SMILES string of the molecule is COc1cc([C@H]2C(C(=O)OCCc3ccccc3)=C(C)NC3=C2C(=O)C[C@@H](c2ccccc2)C3)ccc1O. The van der Waals surface area contributed by atoms with Crippen LogP contribution in [0.4, 0.5) is 0 Å². The first kappa shape index (κ1) is 25.3. The minimum absolute atomic E-state index is 0.00766. The number of phenols is 1. The number of phenolic OH excluding ortho intramolecular Hbond substituents is 1. The van der Waals surface area contributed by atoms with Crippen molar-refractivity contribution >= 4 is 11.8 Å². The molecule has 0 saturated heterocycles. The van der Waals surface area contributed by atoms with E-state index in [0.29, 0.717) is 41.7 Å². The Labute approximate surface area is 222 Å². The summed E-state index contributed by atoms with van der Waals surface area (Å²) >= 11 is 0. The first-order valence-electron chi connectivity index (χ1n) is 12.8. The van der Waals surface area contributed by atoms with Gasteiger partial charge in [-0.2, -0.15) is 0 Å². The molecular weight excluding hydrogens is 478 g/mol. The Bertz CT molecular complexity index is 1410. The molecule has 6 heteroatoms. The third-order valence-corrected chi connectivity index (χ3v) is 7.32. The van der Waals surface area contributed by atoms with Gasteiger partial charge < -0.3 is 19.9 Å². The van der Waals surface area contributed by atoms with E-state index in [0.717, 1.165) is 16.8 Å². The van der Waals surface area contributed by atoms with Gasteiger partial charge in [0.15, 0.2) is 17.3 Å². The lowest BCUT2D eigenvalue weighted by Gasteiger charge is -2.36. The zero-order chi connectivity index (χ0) is 26.6. The number of ether oxygens (including phenoxy) is 2. The summed E-state index contributed by atoms with van der Waals surface area (Å²) in [5.41, 5.74) is 5.34. The van der Waals surface area contributed by atoms with Gasteiger partial charge in [0.1, 0.15) is 0 Å². The quantitative estimate of drug-likeness (QED) is 0.407. The zero-order valence-electron chi connectivity index (χ0n) is 21.6. The van der Waals surface area contributed by atoms with Crippen molar-refractivity contribution in [1.82, 2.24) is 5.32 Å². The van der Waals surface area contributed by atoms with Crippen molar-refractivity contribution in [1.29, 1.82) is 0 Å². The number of carbonyl (C=O) groups excluding carboxylic acids is 2. The summed E-state index contributed by atoms with van der Waals surface area (Å²) in [6.45, 7) is 2.07. The number of ketones is 1. The van der Waals surface area contributed by atoms with Crippen molar-refractivity contribution in [2.45, 2.75) is 38.0 Å². The van der Waals surface area contributed by atoms with E-state index in [1.165, 1.54) is 13.2 Å². The molecule has 0 amide bonds. The second-order valence-corrected chi connectivity index (χ2v) is 9.73. The second kappa shape index (κ2) is 11.0. The predicted molar refractivity (Wildman–Crippen MR) is 145 cm³/mol. The van der Waals surface area contributed by atoms with Gasteiger partial charge in [-0.15, -0.1) is 0 Å². The van der Waals surface area contributed by atoms with E-state index in [2.05, 4.69) is 5.32 Å². The Hall–Kier alpha value is -4.32. The number of rotatable bonds is 7. The lowest BCUT2D eigenvalue weighted by atomic mass is 9.71. The Morgan fingerprint density at radius 2 is 1.68 bits per heavy atom. The van der Waals surface area contributed by atoms with Crippen LogP contribution in [0.3, 0.4) is 0 Å². The van der Waals surface area contributed by atoms with Gasteiger partial charge in [-0.25, -0.2) is 4.79 Å². The van der Waals surface area contributed by atoms with Crippen molar-refractivity contribution in [3.8, 4) is 11.5 Å². The molecule has 3 aromatic carbocycles. The molecule has 2 N–H and O–H groups in total. The summed E-state index contributed by atoms with van der Waals surface area (Å²) in [6, 6.07) is 24.8. The number of methoxy groups -OCH3 is 1. The van der Waals surface area contributed by atoms with E-state index in [9.17, 15) is 14.7 Å². The molecule has 38 heavy (non-hydrogen) atoms. The maximum absolute atomic E-state index is 13.7. The standard InChI is InChI=1S/C32H31NO5/c1-20-29(32(36)38-16-15-21-9-5-3-6-10-21)30(23-13-14-26(34)28(19-23)37-2)31-25(33-20)17-24(18-27(31)35)22-11-7-4-8-12-22/h3-14,19,24,30,33-34H,15-18H2,1-2H3/t24-,30-/m0/s1. The Morgan fingerprint density at radius 3 is 2.39 bits per heavy atom. The maximum atomic E-state index is 13.7. The van der Waals surface area contributed by atoms with Crippen molar-refractivity contribution in [3.05, 3.63) is 118 Å². The molecule has 3 aromatic rings. The zero-order valence-corrected chi connectivity index (χ0v) is 21.6. The number of hydrogen-bond donors (Lipinski definition) is 2. The van der Waals surface area contributed by atoms with Crippen LogP contribution >= 0.6 is 0 Å². The van der Waals surface area contributed by atoms with E-state index in [-0.39, 0.29) is 29.8 Å². The van der Waals surface area contributed by atoms with Gasteiger partial charge in [0.25, 0.3) is 0 Å². The van der Waals surface area contributed by atoms with E-state index in [1.807, 2.05) is 67.6 Å². The normalized spacial score (nSPS) is 19.1. The van der Waals surface area contributed by atoms with Crippen molar-refractivity contribution in [3.63, 3.8) is 0 Å². The number of carbonyl (C=O) groups is 2. The third-order valence-electron chi connectivity index (χ3n) is 7.32. The number of hydrogen-bond acceptors (Lipinski definition) is 6. The minimum atomic E-state index is -0.630. The van der Waals surface area contributed by atoms with Crippen LogP contribution in [0.2, 0.25) is 0 Å². The summed E-state index contributed by atoms with van der Waals surface area (Å²) in [5.74, 6) is -0.778. The van der Waals surface area contributed by atoms with Crippen molar-refractivity contribution in [2.75, 3.05) is 13.7 Å². The van der Waals surface area contributed by atoms with E-state index < -0.39 is 11.9 Å². The number of benzene rings is 3. The van der Waals surface area contributed by atoms with E-state index in [4.69, 9.17) is 9.47 Å². The number of dihydropyridines is 1. The topological polar surface area (TPSA) is 84.9 Å². The second-order valence-electron chi connectivity index (χ2n) is 9.73. The van der Waals surface area contributed by atoms with Crippen LogP contribution in [0.1, 0.15) is 48.3 Å². The molecule has 0 unspecified atom stereocenters. The first-order valence-corrected chi connectivity index (χ1v) is 12.8. The monoisotopic (exact) mass is 509 g/mol. The molecule has 0 bridgehead atoms. The molecule has 2 atom stereocenters. The molecule has 194 valence electrons. The summed E-state index contributed by atoms with van der Waals surface area (Å²) in [6.07, 6.45) is 1.60. The van der Waals surface area contributed by atoms with Gasteiger partial charge in [0.2, 0.25) is 0 Å². The van der Waals surface area contributed by atoms with Crippen molar-refractivity contribution in [2.24, 2.45) is 0 Å². The Kier molecular flexibility index (Phi) is 7.31. The largest absolute Gasteiger partial charge is 0.504 e. The molecule has 0 radical (unpaired) electrons. The summed E-state index contributed by atoms with van der Waals surface area (Å²) < 4.78 is 11.1. The van der Waals surface area contributed by atoms with Crippen molar-refractivity contribution < 1.29 is 24.2 Å². The fourth-order valence-electron chi connectivity index (χ4n) is 5.46. The number of nitrogens with one attached hydrogen (secondary N) is 1. The molecule has 1 aliphatic heterocycles. The Balaban J connectivity index is 1.50. The molecule has 0 spiro atoms. The van der Waals surface area contributed by atoms with Gasteiger partial charge in [0, 0.05) is 35.7 Å². The fourth-order valence-corrected chi connectivity index (χ4v) is 5.46. The molecule has 6 nitrogen and oxygen atoms in total. The third kappa shape index (κ3) is 5.07. The average molecular weight is 510 g/mol. The van der Waals surface area contributed by atoms with Gasteiger partial charge >= 0.3 is 5.97 Å². The molecule has 5 rings (SSSR count). The number of allylic oxidation sites excluding steroid dienone is 3. The fraction of sp³-hybridized carbons (Fsp3) is 0.250. The van der Waals surface area contributed by atoms with Gasteiger partial charge in [0.05, 0.1) is 19.3 Å². The van der Waals surface area contributed by atoms with Gasteiger partial charge in [-0.05, 0) is 48.1 Å². The van der Waals surface area contributed by atoms with E-state index in [1.54, 1.807) is 12.1 Å². The highest BCUT2D eigenvalue weighted by atomic mass is 16.5. The average Bonchev–Trinajstić information content (AvgIpc) is 2.93. The summed E-state index contributed by atoms with van der Waals surface area (Å²) in [4.78, 5) is 27.3. The lowest BCUT2D eigenvalue weighted by molar-refractivity contribution is -0.139. The Morgan fingerprint density at radius 1 is 0.974 bits per heavy atom. The lowest BCUT2D eigenvalue weighted by Crippen LogP contribution is -2.36. The molecule has 0 aromatic heterocycles. The molecular formula is C32H31NO5. The highest BCUT2D eigenvalue weighted by Gasteiger charge is 2.41. The van der Waals surface area contributed by atoms with Crippen LogP contribution < -0.4 is 10.1 Å². The van der Waals surface area contributed by atoms with Crippen LogP contribution in [-0.4, -0.2) is 30.6 Å². The van der Waals surface area contributed by atoms with Crippen LogP contribution in [0.25, 0.3) is 0 Å². The number of aromatic hydroxyl groups is 1.